The molecule has 0 saturated carbocycles. The van der Waals surface area contributed by atoms with Gasteiger partial charge in [-0.3, -0.25) is 4.98 Å². The Hall–Kier alpha value is -0.850. The monoisotopic (exact) mass is 247 g/mol. The first-order chi connectivity index (χ1) is 7.82. The molecule has 1 rings (SSSR count). The predicted octanol–water partition coefficient (Wildman–Crippen LogP) is 4.97. The topological polar surface area (TPSA) is 12.9 Å². The average molecular weight is 247 g/mol. The smallest absolute Gasteiger partial charge is 0.0463 e. The second kappa shape index (κ2) is 4.36. The zero-order valence-electron chi connectivity index (χ0n) is 13.6. The SMILES string of the molecule is CC(C)(C)c1cc(C(C)(C)C)nc(C(C)(C)C)c1. The van der Waals surface area contributed by atoms with E-state index in [0.717, 1.165) is 0 Å². The summed E-state index contributed by atoms with van der Waals surface area (Å²) in [5.41, 5.74) is 4.14. The van der Waals surface area contributed by atoms with Crippen LogP contribution in [-0.4, -0.2) is 4.98 Å². The van der Waals surface area contributed by atoms with E-state index in [2.05, 4.69) is 74.4 Å². The molecule has 18 heavy (non-hydrogen) atoms. The molecule has 0 unspecified atom stereocenters. The lowest BCUT2D eigenvalue weighted by Crippen LogP contribution is -2.23. The lowest BCUT2D eigenvalue weighted by atomic mass is 9.80. The highest BCUT2D eigenvalue weighted by atomic mass is 14.8. The van der Waals surface area contributed by atoms with Gasteiger partial charge in [0.1, 0.15) is 0 Å². The normalized spacial score (nSPS) is 13.8. The molecule has 0 spiro atoms. The van der Waals surface area contributed by atoms with Crippen LogP contribution >= 0.6 is 0 Å². The highest BCUT2D eigenvalue weighted by Crippen LogP contribution is 2.31. The lowest BCUT2D eigenvalue weighted by Gasteiger charge is -2.28. The van der Waals surface area contributed by atoms with E-state index in [1.165, 1.54) is 17.0 Å². The van der Waals surface area contributed by atoms with Crippen molar-refractivity contribution in [2.75, 3.05) is 0 Å². The third-order valence-corrected chi connectivity index (χ3v) is 3.23. The van der Waals surface area contributed by atoms with Crippen LogP contribution in [-0.2, 0) is 16.2 Å². The Balaban J connectivity index is 3.49. The Morgan fingerprint density at radius 2 is 0.944 bits per heavy atom. The van der Waals surface area contributed by atoms with Crippen molar-refractivity contribution in [3.8, 4) is 0 Å². The molecule has 0 aliphatic rings. The van der Waals surface area contributed by atoms with Crippen molar-refractivity contribution in [3.63, 3.8) is 0 Å². The molecule has 0 aromatic carbocycles. The van der Waals surface area contributed by atoms with Gasteiger partial charge in [0.25, 0.3) is 0 Å². The molecule has 0 N–H and O–H groups in total. The molecule has 0 fully saturated rings. The summed E-state index contributed by atoms with van der Waals surface area (Å²) < 4.78 is 0. The van der Waals surface area contributed by atoms with Gasteiger partial charge in [-0.25, -0.2) is 0 Å². The maximum Gasteiger partial charge on any atom is 0.0463 e. The van der Waals surface area contributed by atoms with Gasteiger partial charge >= 0.3 is 0 Å². The van der Waals surface area contributed by atoms with Gasteiger partial charge in [-0.1, -0.05) is 62.3 Å². The van der Waals surface area contributed by atoms with Crippen molar-refractivity contribution in [1.29, 1.82) is 0 Å². The third-order valence-electron chi connectivity index (χ3n) is 3.23. The Labute approximate surface area is 113 Å². The Morgan fingerprint density at radius 3 is 1.17 bits per heavy atom. The van der Waals surface area contributed by atoms with Gasteiger partial charge in [0, 0.05) is 22.2 Å². The van der Waals surface area contributed by atoms with Crippen molar-refractivity contribution < 1.29 is 0 Å². The summed E-state index contributed by atoms with van der Waals surface area (Å²) in [4.78, 5) is 4.89. The van der Waals surface area contributed by atoms with Crippen LogP contribution in [0.5, 0.6) is 0 Å². The van der Waals surface area contributed by atoms with Gasteiger partial charge in [0.05, 0.1) is 0 Å². The highest BCUT2D eigenvalue weighted by Gasteiger charge is 2.25. The standard InChI is InChI=1S/C17H29N/c1-15(2,3)12-10-13(16(4,5)6)18-14(11-12)17(7,8)9/h10-11H,1-9H3. The quantitative estimate of drug-likeness (QED) is 0.630. The number of pyridine rings is 1. The Kier molecular flexibility index (Phi) is 3.69. The lowest BCUT2D eigenvalue weighted by molar-refractivity contribution is 0.517. The van der Waals surface area contributed by atoms with Crippen LogP contribution < -0.4 is 0 Å². The molecule has 1 aromatic heterocycles. The molecule has 0 radical (unpaired) electrons. The Morgan fingerprint density at radius 1 is 0.611 bits per heavy atom. The van der Waals surface area contributed by atoms with E-state index in [1.54, 1.807) is 0 Å². The number of aromatic nitrogens is 1. The van der Waals surface area contributed by atoms with Crippen molar-refractivity contribution in [2.24, 2.45) is 0 Å². The number of nitrogens with zero attached hydrogens (tertiary/aromatic N) is 1. The third kappa shape index (κ3) is 3.57. The first-order valence-corrected chi connectivity index (χ1v) is 6.85. The van der Waals surface area contributed by atoms with Crippen molar-refractivity contribution >= 4 is 0 Å². The van der Waals surface area contributed by atoms with Crippen LogP contribution in [0.1, 0.15) is 79.3 Å². The first-order valence-electron chi connectivity index (χ1n) is 6.85. The predicted molar refractivity (Wildman–Crippen MR) is 80.3 cm³/mol. The number of hydrogen-bond acceptors (Lipinski definition) is 1. The molecule has 1 heteroatoms. The van der Waals surface area contributed by atoms with Gasteiger partial charge in [-0.15, -0.1) is 0 Å². The van der Waals surface area contributed by atoms with E-state index in [9.17, 15) is 0 Å². The molecule has 102 valence electrons. The van der Waals surface area contributed by atoms with E-state index < -0.39 is 0 Å². The van der Waals surface area contributed by atoms with Crippen LogP contribution in [0.4, 0.5) is 0 Å². The van der Waals surface area contributed by atoms with E-state index >= 15 is 0 Å². The van der Waals surface area contributed by atoms with Gasteiger partial charge in [0.15, 0.2) is 0 Å². The molecule has 0 amide bonds. The second-order valence-corrected chi connectivity index (χ2v) is 8.38. The summed E-state index contributed by atoms with van der Waals surface area (Å²) in [7, 11) is 0. The minimum Gasteiger partial charge on any atom is -0.257 e. The Bertz CT molecular complexity index is 343. The van der Waals surface area contributed by atoms with Crippen LogP contribution in [0, 0.1) is 0 Å². The zero-order valence-corrected chi connectivity index (χ0v) is 13.6. The van der Waals surface area contributed by atoms with Crippen LogP contribution in [0.15, 0.2) is 12.1 Å². The average Bonchev–Trinajstić information content (AvgIpc) is 2.13. The fourth-order valence-corrected chi connectivity index (χ4v) is 1.73. The number of rotatable bonds is 0. The van der Waals surface area contributed by atoms with Gasteiger partial charge in [-0.2, -0.15) is 0 Å². The minimum absolute atomic E-state index is 0.0985. The van der Waals surface area contributed by atoms with Gasteiger partial charge in [-0.05, 0) is 23.1 Å². The fourth-order valence-electron chi connectivity index (χ4n) is 1.73. The fraction of sp³-hybridized carbons (Fsp3) is 0.706. The molecular weight excluding hydrogens is 218 g/mol. The molecule has 0 saturated heterocycles. The molecule has 0 aliphatic heterocycles. The van der Waals surface area contributed by atoms with E-state index in [1.807, 2.05) is 0 Å². The van der Waals surface area contributed by atoms with E-state index in [4.69, 9.17) is 4.98 Å². The molecule has 1 heterocycles. The van der Waals surface area contributed by atoms with Gasteiger partial charge in [0.2, 0.25) is 0 Å². The highest BCUT2D eigenvalue weighted by molar-refractivity contribution is 5.32. The zero-order chi connectivity index (χ0) is 14.4. The molecule has 0 atom stereocenters. The van der Waals surface area contributed by atoms with Crippen molar-refractivity contribution in [3.05, 3.63) is 29.1 Å². The summed E-state index contributed by atoms with van der Waals surface area (Å²) in [5.74, 6) is 0. The van der Waals surface area contributed by atoms with Crippen LogP contribution in [0.25, 0.3) is 0 Å². The van der Waals surface area contributed by atoms with Crippen LogP contribution in [0.2, 0.25) is 0 Å². The molecule has 0 bridgehead atoms. The van der Waals surface area contributed by atoms with E-state index in [0.29, 0.717) is 0 Å². The molecule has 0 aliphatic carbocycles. The minimum atomic E-state index is 0.0985. The summed E-state index contributed by atoms with van der Waals surface area (Å²) in [5, 5.41) is 0. The largest absolute Gasteiger partial charge is 0.257 e. The molecular formula is C17H29N. The number of hydrogen-bond donors (Lipinski definition) is 0. The maximum absolute atomic E-state index is 4.89. The molecule has 1 nitrogen and oxygen atoms in total. The first kappa shape index (κ1) is 15.2. The second-order valence-electron chi connectivity index (χ2n) is 8.38. The summed E-state index contributed by atoms with van der Waals surface area (Å²) in [6.07, 6.45) is 0. The van der Waals surface area contributed by atoms with E-state index in [-0.39, 0.29) is 16.2 Å². The van der Waals surface area contributed by atoms with Crippen molar-refractivity contribution in [1.82, 2.24) is 4.98 Å². The van der Waals surface area contributed by atoms with Crippen LogP contribution in [0.3, 0.4) is 0 Å². The molecule has 1 aromatic rings. The summed E-state index contributed by atoms with van der Waals surface area (Å²) >= 11 is 0. The van der Waals surface area contributed by atoms with Crippen molar-refractivity contribution in [2.45, 2.75) is 78.6 Å². The summed E-state index contributed by atoms with van der Waals surface area (Å²) in [6.45, 7) is 20.2. The summed E-state index contributed by atoms with van der Waals surface area (Å²) in [6, 6.07) is 4.55. The van der Waals surface area contributed by atoms with Gasteiger partial charge < -0.3 is 0 Å². The maximum atomic E-state index is 4.89.